The maximum atomic E-state index is 5.55. The van der Waals surface area contributed by atoms with Gasteiger partial charge in [0.25, 0.3) is 0 Å². The summed E-state index contributed by atoms with van der Waals surface area (Å²) in [6.07, 6.45) is 0. The van der Waals surface area contributed by atoms with Gasteiger partial charge in [-0.1, -0.05) is 46.8 Å². The first kappa shape index (κ1) is 14.1. The summed E-state index contributed by atoms with van der Waals surface area (Å²) >= 11 is 0. The van der Waals surface area contributed by atoms with E-state index in [9.17, 15) is 0 Å². The molecule has 0 saturated heterocycles. The number of hydrogen-bond donors (Lipinski definition) is 0. The third kappa shape index (κ3) is 3.24. The highest BCUT2D eigenvalue weighted by molar-refractivity contribution is 5.40. The number of benzene rings is 1. The molecular formula is C16H26O. The molecule has 0 fully saturated rings. The zero-order valence-electron chi connectivity index (χ0n) is 12.3. The van der Waals surface area contributed by atoms with Crippen molar-refractivity contribution in [1.29, 1.82) is 0 Å². The first-order valence-corrected chi connectivity index (χ1v) is 6.42. The average molecular weight is 234 g/mol. The van der Waals surface area contributed by atoms with Crippen molar-refractivity contribution in [1.82, 2.24) is 0 Å². The first-order valence-electron chi connectivity index (χ1n) is 6.42. The quantitative estimate of drug-likeness (QED) is 0.730. The van der Waals surface area contributed by atoms with Gasteiger partial charge in [-0.15, -0.1) is 0 Å². The predicted molar refractivity (Wildman–Crippen MR) is 74.8 cm³/mol. The minimum absolute atomic E-state index is 0.247. The van der Waals surface area contributed by atoms with Crippen LogP contribution in [0.15, 0.2) is 18.2 Å². The van der Waals surface area contributed by atoms with Gasteiger partial charge in [-0.3, -0.25) is 0 Å². The van der Waals surface area contributed by atoms with Crippen LogP contribution in [0.2, 0.25) is 0 Å². The van der Waals surface area contributed by atoms with Crippen molar-refractivity contribution < 1.29 is 4.74 Å². The van der Waals surface area contributed by atoms with Crippen molar-refractivity contribution in [3.05, 3.63) is 29.3 Å². The van der Waals surface area contributed by atoms with Gasteiger partial charge in [0.05, 0.1) is 7.11 Å². The summed E-state index contributed by atoms with van der Waals surface area (Å²) in [6.45, 7) is 13.6. The minimum atomic E-state index is 0.247. The van der Waals surface area contributed by atoms with Gasteiger partial charge < -0.3 is 4.74 Å². The molecule has 96 valence electrons. The van der Waals surface area contributed by atoms with Gasteiger partial charge in [-0.2, -0.15) is 0 Å². The number of rotatable bonds is 3. The van der Waals surface area contributed by atoms with Gasteiger partial charge in [-0.05, 0) is 41.4 Å². The van der Waals surface area contributed by atoms with E-state index in [4.69, 9.17) is 4.74 Å². The summed E-state index contributed by atoms with van der Waals surface area (Å²) in [5.41, 5.74) is 2.83. The normalized spacial score (nSPS) is 13.9. The minimum Gasteiger partial charge on any atom is -0.496 e. The molecular weight excluding hydrogens is 208 g/mol. The molecule has 1 aromatic carbocycles. The maximum Gasteiger partial charge on any atom is 0.122 e. The van der Waals surface area contributed by atoms with Crippen molar-refractivity contribution in [3.63, 3.8) is 0 Å². The third-order valence-corrected chi connectivity index (χ3v) is 3.32. The van der Waals surface area contributed by atoms with Crippen LogP contribution in [0.3, 0.4) is 0 Å². The van der Waals surface area contributed by atoms with E-state index in [-0.39, 0.29) is 5.41 Å². The van der Waals surface area contributed by atoms with E-state index >= 15 is 0 Å². The van der Waals surface area contributed by atoms with Gasteiger partial charge in [0.15, 0.2) is 0 Å². The van der Waals surface area contributed by atoms with Crippen molar-refractivity contribution in [2.75, 3.05) is 7.11 Å². The zero-order chi connectivity index (χ0) is 13.2. The molecule has 0 aliphatic carbocycles. The zero-order valence-corrected chi connectivity index (χ0v) is 12.3. The molecule has 1 atom stereocenters. The molecule has 0 radical (unpaired) electrons. The number of hydrogen-bond acceptors (Lipinski definition) is 1. The Morgan fingerprint density at radius 1 is 1.12 bits per heavy atom. The molecule has 17 heavy (non-hydrogen) atoms. The summed E-state index contributed by atoms with van der Waals surface area (Å²) < 4.78 is 5.55. The molecule has 0 aromatic heterocycles. The molecule has 0 amide bonds. The Morgan fingerprint density at radius 2 is 1.71 bits per heavy atom. The van der Waals surface area contributed by atoms with E-state index in [0.29, 0.717) is 11.8 Å². The van der Waals surface area contributed by atoms with Crippen LogP contribution in [-0.4, -0.2) is 7.11 Å². The highest BCUT2D eigenvalue weighted by Gasteiger charge is 2.31. The summed E-state index contributed by atoms with van der Waals surface area (Å²) in [5, 5.41) is 0. The van der Waals surface area contributed by atoms with E-state index in [0.717, 1.165) is 5.75 Å². The molecule has 0 heterocycles. The maximum absolute atomic E-state index is 5.55. The van der Waals surface area contributed by atoms with Crippen molar-refractivity contribution >= 4 is 0 Å². The van der Waals surface area contributed by atoms with Crippen LogP contribution in [0.4, 0.5) is 0 Å². The molecule has 0 saturated carbocycles. The first-order chi connectivity index (χ1) is 7.77. The number of methoxy groups -OCH3 is 1. The molecule has 1 heteroatoms. The van der Waals surface area contributed by atoms with Crippen LogP contribution < -0.4 is 4.74 Å². The monoisotopic (exact) mass is 234 g/mol. The Hall–Kier alpha value is -0.980. The molecule has 0 bridgehead atoms. The largest absolute Gasteiger partial charge is 0.496 e. The van der Waals surface area contributed by atoms with Gasteiger partial charge in [0.2, 0.25) is 0 Å². The van der Waals surface area contributed by atoms with Gasteiger partial charge in [0.1, 0.15) is 5.75 Å². The SMILES string of the molecule is COc1cc(C)ccc1C(C(C)C)C(C)(C)C. The third-order valence-electron chi connectivity index (χ3n) is 3.32. The Kier molecular flexibility index (Phi) is 4.24. The van der Waals surface area contributed by atoms with Crippen LogP contribution >= 0.6 is 0 Å². The van der Waals surface area contributed by atoms with Crippen molar-refractivity contribution in [2.24, 2.45) is 11.3 Å². The Balaban J connectivity index is 3.28. The fourth-order valence-electron chi connectivity index (χ4n) is 2.90. The molecule has 0 aliphatic heterocycles. The lowest BCUT2D eigenvalue weighted by Gasteiger charge is -2.35. The topological polar surface area (TPSA) is 9.23 Å². The fourth-order valence-corrected chi connectivity index (χ4v) is 2.90. The summed E-state index contributed by atoms with van der Waals surface area (Å²) in [5.74, 6) is 2.14. The van der Waals surface area contributed by atoms with E-state index in [2.05, 4.69) is 59.7 Å². The van der Waals surface area contributed by atoms with Gasteiger partial charge in [-0.25, -0.2) is 0 Å². The van der Waals surface area contributed by atoms with E-state index < -0.39 is 0 Å². The molecule has 1 unspecified atom stereocenters. The Bertz CT molecular complexity index is 372. The second-order valence-corrected chi connectivity index (χ2v) is 6.33. The second-order valence-electron chi connectivity index (χ2n) is 6.33. The molecule has 1 rings (SSSR count). The molecule has 1 aromatic rings. The summed E-state index contributed by atoms with van der Waals surface area (Å²) in [6, 6.07) is 6.54. The molecule has 0 N–H and O–H groups in total. The standard InChI is InChI=1S/C16H26O/c1-11(2)15(16(4,5)6)13-9-8-12(3)10-14(13)17-7/h8-11,15H,1-7H3. The second kappa shape index (κ2) is 5.12. The van der Waals surface area contributed by atoms with E-state index in [1.54, 1.807) is 7.11 Å². The molecule has 0 aliphatic rings. The van der Waals surface area contributed by atoms with Crippen LogP contribution in [0.5, 0.6) is 5.75 Å². The lowest BCUT2D eigenvalue weighted by molar-refractivity contribution is 0.251. The summed E-state index contributed by atoms with van der Waals surface area (Å²) in [4.78, 5) is 0. The predicted octanol–water partition coefficient (Wildman–Crippen LogP) is 4.79. The van der Waals surface area contributed by atoms with Crippen LogP contribution in [0, 0.1) is 18.3 Å². The lowest BCUT2D eigenvalue weighted by Crippen LogP contribution is -2.23. The van der Waals surface area contributed by atoms with Crippen molar-refractivity contribution in [3.8, 4) is 5.75 Å². The Labute approximate surface area is 106 Å². The molecule has 0 spiro atoms. The molecule has 1 nitrogen and oxygen atoms in total. The van der Waals surface area contributed by atoms with Crippen LogP contribution in [-0.2, 0) is 0 Å². The van der Waals surface area contributed by atoms with E-state index in [1.807, 2.05) is 0 Å². The number of aryl methyl sites for hydroxylation is 1. The highest BCUT2D eigenvalue weighted by atomic mass is 16.5. The fraction of sp³-hybridized carbons (Fsp3) is 0.625. The Morgan fingerprint density at radius 3 is 2.12 bits per heavy atom. The average Bonchev–Trinajstić information content (AvgIpc) is 2.17. The number of ether oxygens (including phenoxy) is 1. The van der Waals surface area contributed by atoms with E-state index in [1.165, 1.54) is 11.1 Å². The van der Waals surface area contributed by atoms with Gasteiger partial charge >= 0.3 is 0 Å². The van der Waals surface area contributed by atoms with Gasteiger partial charge in [0, 0.05) is 0 Å². The lowest BCUT2D eigenvalue weighted by atomic mass is 9.70. The summed E-state index contributed by atoms with van der Waals surface area (Å²) in [7, 11) is 1.76. The van der Waals surface area contributed by atoms with Crippen molar-refractivity contribution in [2.45, 2.75) is 47.5 Å². The smallest absolute Gasteiger partial charge is 0.122 e. The van der Waals surface area contributed by atoms with Crippen LogP contribution in [0.1, 0.15) is 51.7 Å². The highest BCUT2D eigenvalue weighted by Crippen LogP contribution is 2.44. The van der Waals surface area contributed by atoms with Crippen LogP contribution in [0.25, 0.3) is 0 Å².